The lowest BCUT2D eigenvalue weighted by Crippen LogP contribution is -2.24. The van der Waals surface area contributed by atoms with Crippen LogP contribution in [0.3, 0.4) is 0 Å². The quantitative estimate of drug-likeness (QED) is 0.941. The average Bonchev–Trinajstić information content (AvgIpc) is 2.38. The predicted molar refractivity (Wildman–Crippen MR) is 76.6 cm³/mol. The van der Waals surface area contributed by atoms with E-state index in [9.17, 15) is 12.8 Å². The van der Waals surface area contributed by atoms with Crippen LogP contribution in [0.15, 0.2) is 47.4 Å². The second-order valence-corrected chi connectivity index (χ2v) is 6.52. The number of sulfonamides is 1. The van der Waals surface area contributed by atoms with Crippen LogP contribution in [0.25, 0.3) is 0 Å². The van der Waals surface area contributed by atoms with E-state index in [0.717, 1.165) is 5.56 Å². The largest absolute Gasteiger partial charge is 0.240 e. The van der Waals surface area contributed by atoms with E-state index in [-0.39, 0.29) is 22.0 Å². The highest BCUT2D eigenvalue weighted by atomic mass is 35.5. The first-order valence-corrected chi connectivity index (χ1v) is 7.75. The molecule has 0 aliphatic heterocycles. The van der Waals surface area contributed by atoms with Crippen molar-refractivity contribution in [3.05, 3.63) is 64.4 Å². The zero-order chi connectivity index (χ0) is 14.8. The molecule has 0 bridgehead atoms. The Morgan fingerprint density at radius 1 is 1.20 bits per heavy atom. The molecule has 0 saturated carbocycles. The zero-order valence-electron chi connectivity index (χ0n) is 10.7. The van der Waals surface area contributed by atoms with Gasteiger partial charge in [0.1, 0.15) is 5.82 Å². The predicted octanol–water partition coefficient (Wildman–Crippen LogP) is 3.27. The summed E-state index contributed by atoms with van der Waals surface area (Å²) in [5.41, 5.74) is 0.960. The number of aryl methyl sites for hydroxylation is 1. The molecule has 0 heterocycles. The van der Waals surface area contributed by atoms with Gasteiger partial charge in [0.2, 0.25) is 10.0 Å². The summed E-state index contributed by atoms with van der Waals surface area (Å²) in [5.74, 6) is -0.538. The van der Waals surface area contributed by atoms with E-state index >= 15 is 0 Å². The Morgan fingerprint density at radius 2 is 1.90 bits per heavy atom. The van der Waals surface area contributed by atoms with Gasteiger partial charge in [0.05, 0.1) is 4.90 Å². The molecule has 0 spiro atoms. The van der Waals surface area contributed by atoms with Crippen LogP contribution in [0, 0.1) is 12.7 Å². The van der Waals surface area contributed by atoms with Gasteiger partial charge in [-0.1, -0.05) is 29.8 Å². The number of benzene rings is 2. The summed E-state index contributed by atoms with van der Waals surface area (Å²) in [4.78, 5) is 0.143. The van der Waals surface area contributed by atoms with Gasteiger partial charge in [0, 0.05) is 17.1 Å². The molecule has 3 nitrogen and oxygen atoms in total. The van der Waals surface area contributed by atoms with E-state index < -0.39 is 15.8 Å². The minimum atomic E-state index is -3.69. The third-order valence-corrected chi connectivity index (χ3v) is 4.55. The molecule has 0 radical (unpaired) electrons. The zero-order valence-corrected chi connectivity index (χ0v) is 12.3. The lowest BCUT2D eigenvalue weighted by Gasteiger charge is -2.09. The molecule has 0 aliphatic rings. The average molecular weight is 314 g/mol. The highest BCUT2D eigenvalue weighted by molar-refractivity contribution is 7.89. The molecule has 0 aliphatic carbocycles. The number of halogens is 2. The summed E-state index contributed by atoms with van der Waals surface area (Å²) in [6.07, 6.45) is 0. The van der Waals surface area contributed by atoms with E-state index in [2.05, 4.69) is 4.72 Å². The highest BCUT2D eigenvalue weighted by Gasteiger charge is 2.16. The van der Waals surface area contributed by atoms with Crippen molar-refractivity contribution in [2.75, 3.05) is 0 Å². The molecule has 20 heavy (non-hydrogen) atoms. The van der Waals surface area contributed by atoms with Crippen LogP contribution >= 0.6 is 11.6 Å². The van der Waals surface area contributed by atoms with Gasteiger partial charge in [-0.2, -0.15) is 0 Å². The fourth-order valence-electron chi connectivity index (χ4n) is 1.73. The van der Waals surface area contributed by atoms with Crippen molar-refractivity contribution < 1.29 is 12.8 Å². The van der Waals surface area contributed by atoms with Crippen molar-refractivity contribution in [3.63, 3.8) is 0 Å². The Morgan fingerprint density at radius 3 is 2.55 bits per heavy atom. The van der Waals surface area contributed by atoms with Crippen molar-refractivity contribution in [1.29, 1.82) is 0 Å². The van der Waals surface area contributed by atoms with Gasteiger partial charge in [0.25, 0.3) is 0 Å². The lowest BCUT2D eigenvalue weighted by atomic mass is 10.2. The number of rotatable bonds is 4. The first-order valence-electron chi connectivity index (χ1n) is 5.89. The molecule has 0 unspecified atom stereocenters. The van der Waals surface area contributed by atoms with E-state index in [1.807, 2.05) is 0 Å². The van der Waals surface area contributed by atoms with Crippen LogP contribution in [-0.4, -0.2) is 8.42 Å². The maximum absolute atomic E-state index is 13.6. The number of hydrogen-bond acceptors (Lipinski definition) is 2. The van der Waals surface area contributed by atoms with Crippen molar-refractivity contribution >= 4 is 21.6 Å². The van der Waals surface area contributed by atoms with Crippen LogP contribution < -0.4 is 4.72 Å². The molecule has 2 aromatic rings. The van der Waals surface area contributed by atoms with Crippen LogP contribution in [0.4, 0.5) is 4.39 Å². The summed E-state index contributed by atoms with van der Waals surface area (Å²) in [6, 6.07) is 10.7. The smallest absolute Gasteiger partial charge is 0.207 e. The minimum absolute atomic E-state index is 0.130. The van der Waals surface area contributed by atoms with E-state index in [1.54, 1.807) is 25.1 Å². The van der Waals surface area contributed by atoms with Crippen LogP contribution in [0.5, 0.6) is 0 Å². The second-order valence-electron chi connectivity index (χ2n) is 4.34. The van der Waals surface area contributed by atoms with Gasteiger partial charge in [-0.15, -0.1) is 0 Å². The first-order chi connectivity index (χ1) is 9.40. The van der Waals surface area contributed by atoms with Gasteiger partial charge in [-0.3, -0.25) is 0 Å². The monoisotopic (exact) mass is 313 g/mol. The van der Waals surface area contributed by atoms with Crippen molar-refractivity contribution in [1.82, 2.24) is 4.72 Å². The first kappa shape index (κ1) is 15.0. The summed E-state index contributed by atoms with van der Waals surface area (Å²) >= 11 is 5.85. The Balaban J connectivity index is 2.22. The summed E-state index contributed by atoms with van der Waals surface area (Å²) < 4.78 is 40.1. The molecular formula is C14H13ClFNO2S. The van der Waals surface area contributed by atoms with Gasteiger partial charge in [0.15, 0.2) is 0 Å². The van der Waals surface area contributed by atoms with Gasteiger partial charge < -0.3 is 0 Å². The molecule has 0 fully saturated rings. The Kier molecular flexibility index (Phi) is 4.42. The molecule has 0 saturated heterocycles. The third kappa shape index (κ3) is 3.36. The molecule has 2 rings (SSSR count). The Bertz CT molecular complexity index is 711. The molecule has 6 heteroatoms. The standard InChI is InChI=1S/C14H13ClFNO2S/c1-10-4-2-5-11(8-10)20(18,19)17-9-12-13(15)6-3-7-14(12)16/h2-8,17H,9H2,1H3. The number of nitrogens with one attached hydrogen (secondary N) is 1. The molecule has 0 amide bonds. The minimum Gasteiger partial charge on any atom is -0.207 e. The molecule has 106 valence electrons. The summed E-state index contributed by atoms with van der Waals surface area (Å²) in [6.45, 7) is 1.61. The maximum Gasteiger partial charge on any atom is 0.240 e. The molecule has 0 aromatic heterocycles. The van der Waals surface area contributed by atoms with E-state index in [0.29, 0.717) is 0 Å². The molecule has 1 N–H and O–H groups in total. The summed E-state index contributed by atoms with van der Waals surface area (Å²) in [7, 11) is -3.69. The molecule has 2 aromatic carbocycles. The van der Waals surface area contributed by atoms with Gasteiger partial charge in [-0.05, 0) is 36.8 Å². The summed E-state index contributed by atoms with van der Waals surface area (Å²) in [5, 5.41) is 0.192. The third-order valence-electron chi connectivity index (χ3n) is 2.80. The Hall–Kier alpha value is -1.43. The maximum atomic E-state index is 13.6. The second kappa shape index (κ2) is 5.91. The van der Waals surface area contributed by atoms with Gasteiger partial charge in [-0.25, -0.2) is 17.5 Å². The normalized spacial score (nSPS) is 11.6. The SMILES string of the molecule is Cc1cccc(S(=O)(=O)NCc2c(F)cccc2Cl)c1. The fraction of sp³-hybridized carbons (Fsp3) is 0.143. The van der Waals surface area contributed by atoms with Crippen LogP contribution in [-0.2, 0) is 16.6 Å². The van der Waals surface area contributed by atoms with E-state index in [4.69, 9.17) is 11.6 Å². The van der Waals surface area contributed by atoms with Crippen molar-refractivity contribution in [2.45, 2.75) is 18.4 Å². The molecule has 0 atom stereocenters. The van der Waals surface area contributed by atoms with E-state index in [1.165, 1.54) is 24.3 Å². The number of hydrogen-bond donors (Lipinski definition) is 1. The van der Waals surface area contributed by atoms with Crippen molar-refractivity contribution in [2.24, 2.45) is 0 Å². The lowest BCUT2D eigenvalue weighted by molar-refractivity contribution is 0.574. The fourth-order valence-corrected chi connectivity index (χ4v) is 3.06. The van der Waals surface area contributed by atoms with Crippen LogP contribution in [0.2, 0.25) is 5.02 Å². The van der Waals surface area contributed by atoms with Crippen molar-refractivity contribution in [3.8, 4) is 0 Å². The Labute approximate surface area is 122 Å². The topological polar surface area (TPSA) is 46.2 Å². The molecular weight excluding hydrogens is 301 g/mol. The van der Waals surface area contributed by atoms with Gasteiger partial charge >= 0.3 is 0 Å². The van der Waals surface area contributed by atoms with Crippen LogP contribution in [0.1, 0.15) is 11.1 Å². The highest BCUT2D eigenvalue weighted by Crippen LogP contribution is 2.19.